The van der Waals surface area contributed by atoms with E-state index in [0.29, 0.717) is 16.8 Å². The molecule has 1 amide bonds. The zero-order valence-electron chi connectivity index (χ0n) is 14.7. The van der Waals surface area contributed by atoms with Crippen LogP contribution in [0.1, 0.15) is 11.3 Å². The first-order valence-electron chi connectivity index (χ1n) is 8.19. The van der Waals surface area contributed by atoms with E-state index in [1.165, 1.54) is 19.2 Å². The van der Waals surface area contributed by atoms with Gasteiger partial charge in [0, 0.05) is 27.8 Å². The van der Waals surface area contributed by atoms with Crippen molar-refractivity contribution >= 4 is 44.2 Å². The van der Waals surface area contributed by atoms with Crippen molar-refractivity contribution in [3.8, 4) is 5.75 Å². The molecular weight excluding hydrogens is 366 g/mol. The lowest BCUT2D eigenvalue weighted by atomic mass is 10.1. The van der Waals surface area contributed by atoms with E-state index in [9.17, 15) is 13.2 Å². The Morgan fingerprint density at radius 2 is 1.96 bits per heavy atom. The fourth-order valence-corrected chi connectivity index (χ4v) is 3.91. The molecule has 0 bridgehead atoms. The Morgan fingerprint density at radius 1 is 1.15 bits per heavy atom. The normalized spacial score (nSPS) is 15.2. The van der Waals surface area contributed by atoms with E-state index in [2.05, 4.69) is 15.0 Å². The molecule has 0 fully saturated rings. The SMILES string of the molecule is CNS(=O)(=O)c1ccc2c(c1)C(=Cc1cc3c(OC)cccc3[nH]1)C(=O)N2. The van der Waals surface area contributed by atoms with Crippen molar-refractivity contribution in [1.29, 1.82) is 0 Å². The highest BCUT2D eigenvalue weighted by molar-refractivity contribution is 7.89. The Labute approximate surface area is 156 Å². The molecule has 2 aromatic carbocycles. The predicted octanol–water partition coefficient (Wildman–Crippen LogP) is 2.58. The molecule has 0 atom stereocenters. The molecule has 4 rings (SSSR count). The lowest BCUT2D eigenvalue weighted by Gasteiger charge is -2.05. The summed E-state index contributed by atoms with van der Waals surface area (Å²) in [5.74, 6) is 0.446. The number of amides is 1. The van der Waals surface area contributed by atoms with Crippen molar-refractivity contribution in [1.82, 2.24) is 9.71 Å². The summed E-state index contributed by atoms with van der Waals surface area (Å²) >= 11 is 0. The summed E-state index contributed by atoms with van der Waals surface area (Å²) in [5.41, 5.74) is 3.11. The Morgan fingerprint density at radius 3 is 2.70 bits per heavy atom. The minimum absolute atomic E-state index is 0.101. The van der Waals surface area contributed by atoms with Crippen LogP contribution in [0.25, 0.3) is 22.6 Å². The average molecular weight is 383 g/mol. The van der Waals surface area contributed by atoms with Gasteiger partial charge in [-0.05, 0) is 49.5 Å². The van der Waals surface area contributed by atoms with Crippen molar-refractivity contribution < 1.29 is 17.9 Å². The zero-order valence-corrected chi connectivity index (χ0v) is 15.5. The van der Waals surface area contributed by atoms with Gasteiger partial charge in [0.2, 0.25) is 10.0 Å². The van der Waals surface area contributed by atoms with Crippen molar-refractivity contribution in [3.63, 3.8) is 0 Å². The summed E-state index contributed by atoms with van der Waals surface area (Å²) in [5, 5.41) is 3.66. The molecule has 3 N–H and O–H groups in total. The van der Waals surface area contributed by atoms with Crippen LogP contribution in [0, 0.1) is 0 Å². The summed E-state index contributed by atoms with van der Waals surface area (Å²) in [6.07, 6.45) is 1.70. The van der Waals surface area contributed by atoms with E-state index in [1.54, 1.807) is 19.3 Å². The number of hydrogen-bond donors (Lipinski definition) is 3. The summed E-state index contributed by atoms with van der Waals surface area (Å²) in [6, 6.07) is 12.1. The number of nitrogens with one attached hydrogen (secondary N) is 3. The second-order valence-electron chi connectivity index (χ2n) is 6.07. The highest BCUT2D eigenvalue weighted by atomic mass is 32.2. The van der Waals surface area contributed by atoms with Gasteiger partial charge in [-0.2, -0.15) is 0 Å². The number of sulfonamides is 1. The summed E-state index contributed by atoms with van der Waals surface area (Å²) in [7, 11) is -0.654. The van der Waals surface area contributed by atoms with E-state index in [4.69, 9.17) is 4.74 Å². The van der Waals surface area contributed by atoms with Crippen LogP contribution in [0.5, 0.6) is 5.75 Å². The van der Waals surface area contributed by atoms with Gasteiger partial charge in [0.05, 0.1) is 17.6 Å². The van der Waals surface area contributed by atoms with E-state index in [-0.39, 0.29) is 10.8 Å². The number of aromatic amines is 1. The molecule has 7 nitrogen and oxygen atoms in total. The predicted molar refractivity (Wildman–Crippen MR) is 104 cm³/mol. The molecule has 2 heterocycles. The van der Waals surface area contributed by atoms with Crippen molar-refractivity contribution in [3.05, 3.63) is 53.7 Å². The largest absolute Gasteiger partial charge is 0.496 e. The second-order valence-corrected chi connectivity index (χ2v) is 7.96. The van der Waals surface area contributed by atoms with Crippen molar-refractivity contribution in [2.75, 3.05) is 19.5 Å². The van der Waals surface area contributed by atoms with Gasteiger partial charge in [-0.3, -0.25) is 4.79 Å². The molecule has 0 saturated heterocycles. The van der Waals surface area contributed by atoms with Gasteiger partial charge in [-0.25, -0.2) is 13.1 Å². The number of methoxy groups -OCH3 is 1. The van der Waals surface area contributed by atoms with E-state index in [0.717, 1.165) is 22.3 Å². The van der Waals surface area contributed by atoms with Crippen LogP contribution >= 0.6 is 0 Å². The third kappa shape index (κ3) is 2.88. The second kappa shape index (κ2) is 6.26. The monoisotopic (exact) mass is 383 g/mol. The van der Waals surface area contributed by atoms with Gasteiger partial charge in [0.15, 0.2) is 0 Å². The smallest absolute Gasteiger partial charge is 0.256 e. The van der Waals surface area contributed by atoms with Gasteiger partial charge in [-0.15, -0.1) is 0 Å². The van der Waals surface area contributed by atoms with Crippen LogP contribution in [0.4, 0.5) is 5.69 Å². The average Bonchev–Trinajstić information content (AvgIpc) is 3.22. The molecule has 1 aliphatic rings. The third-order valence-electron chi connectivity index (χ3n) is 4.52. The van der Waals surface area contributed by atoms with Crippen LogP contribution in [0.15, 0.2) is 47.4 Å². The van der Waals surface area contributed by atoms with Crippen LogP contribution in [-0.2, 0) is 14.8 Å². The maximum absolute atomic E-state index is 12.4. The van der Waals surface area contributed by atoms with Crippen LogP contribution in [0.3, 0.4) is 0 Å². The first-order valence-corrected chi connectivity index (χ1v) is 9.68. The Balaban J connectivity index is 1.84. The Bertz CT molecular complexity index is 1210. The minimum atomic E-state index is -3.60. The molecule has 1 aliphatic heterocycles. The first-order chi connectivity index (χ1) is 12.9. The molecule has 1 aromatic heterocycles. The van der Waals surface area contributed by atoms with Gasteiger partial charge in [-0.1, -0.05) is 6.07 Å². The molecule has 0 saturated carbocycles. The number of aromatic nitrogens is 1. The molecule has 3 aromatic rings. The van der Waals surface area contributed by atoms with E-state index in [1.807, 2.05) is 24.3 Å². The molecule has 0 radical (unpaired) electrons. The van der Waals surface area contributed by atoms with Crippen LogP contribution in [-0.4, -0.2) is 33.5 Å². The number of benzene rings is 2. The summed E-state index contributed by atoms with van der Waals surface area (Å²) in [4.78, 5) is 15.8. The van der Waals surface area contributed by atoms with E-state index < -0.39 is 10.0 Å². The number of carbonyl (C=O) groups excluding carboxylic acids is 1. The zero-order chi connectivity index (χ0) is 19.2. The number of H-pyrrole nitrogens is 1. The lowest BCUT2D eigenvalue weighted by molar-refractivity contribution is -0.110. The van der Waals surface area contributed by atoms with Crippen LogP contribution < -0.4 is 14.8 Å². The third-order valence-corrected chi connectivity index (χ3v) is 5.93. The summed E-state index contributed by atoms with van der Waals surface area (Å²) < 4.78 is 31.8. The number of fused-ring (bicyclic) bond motifs is 2. The highest BCUT2D eigenvalue weighted by Crippen LogP contribution is 2.35. The van der Waals surface area contributed by atoms with Gasteiger partial charge >= 0.3 is 0 Å². The van der Waals surface area contributed by atoms with Gasteiger partial charge in [0.25, 0.3) is 5.91 Å². The molecule has 27 heavy (non-hydrogen) atoms. The number of ether oxygens (including phenoxy) is 1. The Kier molecular flexibility index (Phi) is 4.01. The number of anilines is 1. The molecule has 0 unspecified atom stereocenters. The molecular formula is C19H17N3O4S. The molecule has 8 heteroatoms. The number of rotatable bonds is 4. The van der Waals surface area contributed by atoms with E-state index >= 15 is 0 Å². The lowest BCUT2D eigenvalue weighted by Crippen LogP contribution is -2.18. The van der Waals surface area contributed by atoms with Crippen molar-refractivity contribution in [2.45, 2.75) is 4.90 Å². The quantitative estimate of drug-likeness (QED) is 0.603. The number of carbonyl (C=O) groups is 1. The van der Waals surface area contributed by atoms with Crippen molar-refractivity contribution in [2.24, 2.45) is 0 Å². The fraction of sp³-hybridized carbons (Fsp3) is 0.105. The first kappa shape index (κ1) is 17.3. The maximum atomic E-state index is 12.4. The van der Waals surface area contributed by atoms with Gasteiger partial charge in [0.1, 0.15) is 5.75 Å². The van der Waals surface area contributed by atoms with Gasteiger partial charge < -0.3 is 15.0 Å². The van der Waals surface area contributed by atoms with Crippen LogP contribution in [0.2, 0.25) is 0 Å². The standard InChI is InChI=1S/C19H17N3O4S/c1-20-27(24,25)12-6-7-17-13(10-12)14(19(23)22-17)8-11-9-15-16(21-11)4-3-5-18(15)26-2/h3-10,20-21H,1-2H3,(H,22,23). The number of hydrogen-bond acceptors (Lipinski definition) is 4. The fourth-order valence-electron chi connectivity index (χ4n) is 3.16. The molecule has 138 valence electrons. The summed E-state index contributed by atoms with van der Waals surface area (Å²) in [6.45, 7) is 0. The topological polar surface area (TPSA) is 100 Å². The molecule has 0 spiro atoms. The maximum Gasteiger partial charge on any atom is 0.256 e. The highest BCUT2D eigenvalue weighted by Gasteiger charge is 2.26. The molecule has 0 aliphatic carbocycles. The minimum Gasteiger partial charge on any atom is -0.496 e. The Hall–Kier alpha value is -3.10.